The molecule has 2 N–H and O–H groups in total. The van der Waals surface area contributed by atoms with E-state index in [0.29, 0.717) is 6.07 Å². The van der Waals surface area contributed by atoms with Crippen molar-refractivity contribution < 1.29 is 17.6 Å². The van der Waals surface area contributed by atoms with Crippen LogP contribution in [0.2, 0.25) is 0 Å². The van der Waals surface area contributed by atoms with Crippen LogP contribution in [0.15, 0.2) is 12.1 Å². The molecule has 0 atom stereocenters. The molecule has 14 heavy (non-hydrogen) atoms. The van der Waals surface area contributed by atoms with Crippen molar-refractivity contribution >= 4 is 17.3 Å². The highest BCUT2D eigenvalue weighted by atomic mass is 35.5. The van der Waals surface area contributed by atoms with E-state index in [4.69, 9.17) is 17.3 Å². The summed E-state index contributed by atoms with van der Waals surface area (Å²) in [6.07, 6.45) is -4.61. The molecule has 0 aromatic heterocycles. The third-order valence-corrected chi connectivity index (χ3v) is 1.96. The number of nitrogens with two attached hydrogens (primary N) is 1. The predicted octanol–water partition coefficient (Wildman–Crippen LogP) is 3.17. The molecule has 0 aliphatic carbocycles. The van der Waals surface area contributed by atoms with E-state index in [2.05, 4.69) is 0 Å². The lowest BCUT2D eigenvalue weighted by Gasteiger charge is -2.12. The minimum Gasteiger partial charge on any atom is -0.396 e. The van der Waals surface area contributed by atoms with Crippen LogP contribution >= 0.6 is 11.6 Å². The summed E-state index contributed by atoms with van der Waals surface area (Å²) < 4.78 is 49.6. The van der Waals surface area contributed by atoms with Gasteiger partial charge in [0.2, 0.25) is 0 Å². The molecule has 0 bridgehead atoms. The SMILES string of the molecule is Nc1cc(CCl)c(C(F)(F)F)cc1F. The fraction of sp³-hybridized carbons (Fsp3) is 0.250. The standard InChI is InChI=1S/C8H6ClF4N/c9-3-4-1-7(14)6(10)2-5(4)8(11,12)13/h1-2H,3,14H2. The van der Waals surface area contributed by atoms with Crippen LogP contribution in [0.1, 0.15) is 11.1 Å². The molecule has 0 heterocycles. The number of hydrogen-bond donors (Lipinski definition) is 1. The molecule has 0 radical (unpaired) electrons. The number of rotatable bonds is 1. The third kappa shape index (κ3) is 2.09. The Kier molecular flexibility index (Phi) is 2.89. The summed E-state index contributed by atoms with van der Waals surface area (Å²) in [4.78, 5) is 0. The molecule has 0 unspecified atom stereocenters. The summed E-state index contributed by atoms with van der Waals surface area (Å²) in [5, 5.41) is 0. The monoisotopic (exact) mass is 227 g/mol. The van der Waals surface area contributed by atoms with Crippen LogP contribution in [0.3, 0.4) is 0 Å². The van der Waals surface area contributed by atoms with E-state index in [1.165, 1.54) is 0 Å². The van der Waals surface area contributed by atoms with Gasteiger partial charge in [-0.2, -0.15) is 13.2 Å². The quantitative estimate of drug-likeness (QED) is 0.445. The first kappa shape index (κ1) is 11.1. The molecule has 78 valence electrons. The predicted molar refractivity (Wildman–Crippen MR) is 45.4 cm³/mol. The number of alkyl halides is 4. The van der Waals surface area contributed by atoms with Crippen LogP contribution in [-0.4, -0.2) is 0 Å². The summed E-state index contributed by atoms with van der Waals surface area (Å²) in [6.45, 7) is 0. The lowest BCUT2D eigenvalue weighted by Crippen LogP contribution is -2.10. The molecule has 1 aromatic carbocycles. The zero-order valence-corrected chi connectivity index (χ0v) is 7.58. The molecule has 1 nitrogen and oxygen atoms in total. The molecule has 0 aliphatic heterocycles. The Morgan fingerprint density at radius 1 is 1.29 bits per heavy atom. The van der Waals surface area contributed by atoms with Gasteiger partial charge in [0.25, 0.3) is 0 Å². The van der Waals surface area contributed by atoms with Crippen LogP contribution in [0.25, 0.3) is 0 Å². The van der Waals surface area contributed by atoms with E-state index >= 15 is 0 Å². The fourth-order valence-corrected chi connectivity index (χ4v) is 1.23. The minimum absolute atomic E-state index is 0.224. The summed E-state index contributed by atoms with van der Waals surface area (Å²) in [5.74, 6) is -1.45. The molecular formula is C8H6ClF4N. The molecule has 0 saturated carbocycles. The van der Waals surface area contributed by atoms with Crippen molar-refractivity contribution in [3.8, 4) is 0 Å². The fourth-order valence-electron chi connectivity index (χ4n) is 1.01. The van der Waals surface area contributed by atoms with Gasteiger partial charge in [0, 0.05) is 5.88 Å². The molecule has 0 saturated heterocycles. The topological polar surface area (TPSA) is 26.0 Å². The smallest absolute Gasteiger partial charge is 0.396 e. The van der Waals surface area contributed by atoms with E-state index in [1.54, 1.807) is 0 Å². The molecule has 0 spiro atoms. The van der Waals surface area contributed by atoms with Crippen LogP contribution in [-0.2, 0) is 12.1 Å². The third-order valence-electron chi connectivity index (χ3n) is 1.67. The Labute approximate surface area is 82.5 Å². The highest BCUT2D eigenvalue weighted by molar-refractivity contribution is 6.17. The van der Waals surface area contributed by atoms with Crippen molar-refractivity contribution in [3.05, 3.63) is 29.1 Å². The second kappa shape index (κ2) is 3.65. The normalized spacial score (nSPS) is 11.8. The van der Waals surface area contributed by atoms with Crippen LogP contribution < -0.4 is 5.73 Å². The van der Waals surface area contributed by atoms with Gasteiger partial charge in [-0.15, -0.1) is 11.6 Å². The van der Waals surface area contributed by atoms with Gasteiger partial charge in [-0.1, -0.05) is 0 Å². The van der Waals surface area contributed by atoms with Gasteiger partial charge in [-0.25, -0.2) is 4.39 Å². The van der Waals surface area contributed by atoms with Crippen molar-refractivity contribution in [2.45, 2.75) is 12.1 Å². The van der Waals surface area contributed by atoms with Crippen molar-refractivity contribution in [1.82, 2.24) is 0 Å². The number of benzene rings is 1. The van der Waals surface area contributed by atoms with Crippen LogP contribution in [0.4, 0.5) is 23.2 Å². The van der Waals surface area contributed by atoms with Gasteiger partial charge in [-0.3, -0.25) is 0 Å². The summed E-state index contributed by atoms with van der Waals surface area (Å²) in [7, 11) is 0. The largest absolute Gasteiger partial charge is 0.416 e. The maximum atomic E-state index is 12.8. The highest BCUT2D eigenvalue weighted by Gasteiger charge is 2.33. The van der Waals surface area contributed by atoms with Gasteiger partial charge in [-0.05, 0) is 17.7 Å². The maximum absolute atomic E-state index is 12.8. The zero-order chi connectivity index (χ0) is 10.9. The molecule has 0 aliphatic rings. The van der Waals surface area contributed by atoms with E-state index in [0.717, 1.165) is 6.07 Å². The maximum Gasteiger partial charge on any atom is 0.416 e. The highest BCUT2D eigenvalue weighted by Crippen LogP contribution is 2.34. The number of anilines is 1. The van der Waals surface area contributed by atoms with Crippen molar-refractivity contribution in [2.75, 3.05) is 5.73 Å². The van der Waals surface area contributed by atoms with Crippen LogP contribution in [0.5, 0.6) is 0 Å². The average molecular weight is 228 g/mol. The van der Waals surface area contributed by atoms with Gasteiger partial charge in [0.05, 0.1) is 11.3 Å². The van der Waals surface area contributed by atoms with E-state index in [9.17, 15) is 17.6 Å². The minimum atomic E-state index is -4.61. The second-order valence-corrected chi connectivity index (χ2v) is 2.93. The molecule has 1 aromatic rings. The second-order valence-electron chi connectivity index (χ2n) is 2.66. The van der Waals surface area contributed by atoms with E-state index < -0.39 is 17.6 Å². The molecule has 1 rings (SSSR count). The Morgan fingerprint density at radius 2 is 1.86 bits per heavy atom. The Morgan fingerprint density at radius 3 is 2.29 bits per heavy atom. The van der Waals surface area contributed by atoms with Gasteiger partial charge >= 0.3 is 6.18 Å². The Hall–Kier alpha value is -0.970. The van der Waals surface area contributed by atoms with Crippen molar-refractivity contribution in [2.24, 2.45) is 0 Å². The first-order valence-corrected chi connectivity index (χ1v) is 4.10. The molecular weight excluding hydrogens is 222 g/mol. The molecule has 0 fully saturated rings. The first-order valence-electron chi connectivity index (χ1n) is 3.57. The first-order chi connectivity index (χ1) is 6.36. The van der Waals surface area contributed by atoms with Crippen molar-refractivity contribution in [1.29, 1.82) is 0 Å². The molecule has 6 heteroatoms. The van der Waals surface area contributed by atoms with E-state index in [-0.39, 0.29) is 17.1 Å². The van der Waals surface area contributed by atoms with E-state index in [1.807, 2.05) is 0 Å². The van der Waals surface area contributed by atoms with Gasteiger partial charge in [0.1, 0.15) is 5.82 Å². The summed E-state index contributed by atoms with van der Waals surface area (Å²) in [6, 6.07) is 1.25. The number of hydrogen-bond acceptors (Lipinski definition) is 1. The Balaban J connectivity index is 3.35. The average Bonchev–Trinajstić information content (AvgIpc) is 2.07. The summed E-state index contributed by atoms with van der Waals surface area (Å²) >= 11 is 5.28. The lowest BCUT2D eigenvalue weighted by atomic mass is 10.1. The number of nitrogen functional groups attached to an aromatic ring is 1. The van der Waals surface area contributed by atoms with Crippen LogP contribution in [0, 0.1) is 5.82 Å². The zero-order valence-electron chi connectivity index (χ0n) is 6.83. The van der Waals surface area contributed by atoms with Crippen molar-refractivity contribution in [3.63, 3.8) is 0 Å². The van der Waals surface area contributed by atoms with Gasteiger partial charge in [0.15, 0.2) is 0 Å². The molecule has 0 amide bonds. The summed E-state index contributed by atoms with van der Waals surface area (Å²) in [5.41, 5.74) is 3.46. The lowest BCUT2D eigenvalue weighted by molar-refractivity contribution is -0.138. The number of halogens is 5. The van der Waals surface area contributed by atoms with Gasteiger partial charge < -0.3 is 5.73 Å². The Bertz CT molecular complexity index is 348.